The molecular weight excluding hydrogens is 252 g/mol. The summed E-state index contributed by atoms with van der Waals surface area (Å²) in [6, 6.07) is 7.92. The minimum absolute atomic E-state index is 0.0914. The normalized spacial score (nSPS) is 27.9. The molecule has 0 radical (unpaired) electrons. The molecule has 2 atom stereocenters. The first kappa shape index (κ1) is 13.9. The number of aliphatic hydroxyl groups is 1. The van der Waals surface area contributed by atoms with Crippen LogP contribution in [0.25, 0.3) is 0 Å². The summed E-state index contributed by atoms with van der Waals surface area (Å²) in [5, 5.41) is 10.6. The van der Waals surface area contributed by atoms with Crippen molar-refractivity contribution in [3.05, 3.63) is 29.8 Å². The van der Waals surface area contributed by atoms with E-state index in [0.29, 0.717) is 6.61 Å². The summed E-state index contributed by atoms with van der Waals surface area (Å²) in [5.74, 6) is 0.834. The molecule has 0 bridgehead atoms. The minimum Gasteiger partial charge on any atom is -0.491 e. The number of hydrogen-bond acceptors (Lipinski definition) is 4. The van der Waals surface area contributed by atoms with Gasteiger partial charge in [0.1, 0.15) is 18.5 Å². The molecule has 1 saturated heterocycles. The van der Waals surface area contributed by atoms with Crippen molar-refractivity contribution in [2.75, 3.05) is 39.3 Å². The van der Waals surface area contributed by atoms with E-state index in [2.05, 4.69) is 16.7 Å². The van der Waals surface area contributed by atoms with Crippen LogP contribution in [0.4, 0.5) is 0 Å². The third-order valence-electron chi connectivity index (χ3n) is 4.43. The molecule has 2 aliphatic heterocycles. The lowest BCUT2D eigenvalue weighted by atomic mass is 9.97. The van der Waals surface area contributed by atoms with E-state index in [1.807, 2.05) is 24.3 Å². The number of aliphatic hydroxyl groups excluding tert-OH is 1. The zero-order valence-corrected chi connectivity index (χ0v) is 12.2. The number of piperazine rings is 1. The van der Waals surface area contributed by atoms with Crippen molar-refractivity contribution in [1.29, 1.82) is 0 Å². The second-order valence-corrected chi connectivity index (χ2v) is 5.74. The van der Waals surface area contributed by atoms with E-state index in [1.54, 1.807) is 0 Å². The first-order chi connectivity index (χ1) is 9.79. The number of ether oxygens (including phenoxy) is 1. The Labute approximate surface area is 120 Å². The summed E-state index contributed by atoms with van der Waals surface area (Å²) < 4.78 is 5.82. The van der Waals surface area contributed by atoms with Gasteiger partial charge in [-0.2, -0.15) is 0 Å². The molecule has 110 valence electrons. The maximum absolute atomic E-state index is 10.6. The van der Waals surface area contributed by atoms with Crippen LogP contribution in [0.3, 0.4) is 0 Å². The average Bonchev–Trinajstić information content (AvgIpc) is 2.49. The Bertz CT molecular complexity index is 444. The van der Waals surface area contributed by atoms with Crippen molar-refractivity contribution in [3.63, 3.8) is 0 Å². The molecule has 1 N–H and O–H groups in total. The van der Waals surface area contributed by atoms with Gasteiger partial charge in [-0.25, -0.2) is 0 Å². The molecule has 20 heavy (non-hydrogen) atoms. The maximum atomic E-state index is 10.6. The molecule has 3 rings (SSSR count). The quantitative estimate of drug-likeness (QED) is 0.908. The van der Waals surface area contributed by atoms with Crippen molar-refractivity contribution >= 4 is 0 Å². The number of hydrogen-bond donors (Lipinski definition) is 1. The Balaban J connectivity index is 1.65. The molecular formula is C16H24N2O2. The lowest BCUT2D eigenvalue weighted by Crippen LogP contribution is -2.54. The van der Waals surface area contributed by atoms with Crippen molar-refractivity contribution in [2.24, 2.45) is 0 Å². The SMILES string of the molecule is CCCN1CCN(C2COc3ccccc3C2O)CC1. The first-order valence-corrected chi connectivity index (χ1v) is 7.66. The standard InChI is InChI=1S/C16H24N2O2/c1-2-7-17-8-10-18(11-9-17)14-12-20-15-6-4-3-5-13(15)16(14)19/h3-6,14,16,19H,2,7-12H2,1H3. The zero-order chi connectivity index (χ0) is 13.9. The highest BCUT2D eigenvalue weighted by Crippen LogP contribution is 2.34. The van der Waals surface area contributed by atoms with Crippen LogP contribution < -0.4 is 4.74 Å². The molecule has 4 nitrogen and oxygen atoms in total. The zero-order valence-electron chi connectivity index (χ0n) is 12.2. The van der Waals surface area contributed by atoms with Crippen molar-refractivity contribution < 1.29 is 9.84 Å². The highest BCUT2D eigenvalue weighted by molar-refractivity contribution is 5.37. The maximum Gasteiger partial charge on any atom is 0.125 e. The van der Waals surface area contributed by atoms with Crippen LogP contribution in [0.1, 0.15) is 25.0 Å². The summed E-state index contributed by atoms with van der Waals surface area (Å²) in [5.41, 5.74) is 0.930. The third kappa shape index (κ3) is 2.68. The van der Waals surface area contributed by atoms with Crippen LogP contribution in [-0.4, -0.2) is 60.3 Å². The fraction of sp³-hybridized carbons (Fsp3) is 0.625. The molecule has 1 aromatic rings. The first-order valence-electron chi connectivity index (χ1n) is 7.66. The van der Waals surface area contributed by atoms with E-state index in [0.717, 1.165) is 37.5 Å². The molecule has 1 fully saturated rings. The lowest BCUT2D eigenvalue weighted by Gasteiger charge is -2.42. The summed E-state index contributed by atoms with van der Waals surface area (Å²) in [6.07, 6.45) is 0.778. The van der Waals surface area contributed by atoms with Gasteiger partial charge >= 0.3 is 0 Å². The number of para-hydroxylation sites is 1. The van der Waals surface area contributed by atoms with Gasteiger partial charge in [-0.1, -0.05) is 25.1 Å². The minimum atomic E-state index is -0.433. The van der Waals surface area contributed by atoms with Gasteiger partial charge in [0, 0.05) is 31.7 Å². The second-order valence-electron chi connectivity index (χ2n) is 5.74. The summed E-state index contributed by atoms with van der Waals surface area (Å²) in [7, 11) is 0. The molecule has 0 amide bonds. The second kappa shape index (κ2) is 6.12. The molecule has 0 aliphatic carbocycles. The summed E-state index contributed by atoms with van der Waals surface area (Å²) >= 11 is 0. The fourth-order valence-corrected chi connectivity index (χ4v) is 3.27. The number of benzene rings is 1. The molecule has 0 saturated carbocycles. The Morgan fingerprint density at radius 1 is 1.20 bits per heavy atom. The molecule has 2 aliphatic rings. The Hall–Kier alpha value is -1.10. The van der Waals surface area contributed by atoms with Crippen molar-refractivity contribution in [2.45, 2.75) is 25.5 Å². The van der Waals surface area contributed by atoms with Crippen LogP contribution in [0.15, 0.2) is 24.3 Å². The van der Waals surface area contributed by atoms with Gasteiger partial charge in [-0.05, 0) is 19.0 Å². The van der Waals surface area contributed by atoms with Crippen LogP contribution >= 0.6 is 0 Å². The van der Waals surface area contributed by atoms with Gasteiger partial charge in [0.15, 0.2) is 0 Å². The lowest BCUT2D eigenvalue weighted by molar-refractivity contribution is -0.0171. The predicted octanol–water partition coefficient (Wildman–Crippen LogP) is 1.51. The van der Waals surface area contributed by atoms with Crippen LogP contribution in [0.2, 0.25) is 0 Å². The van der Waals surface area contributed by atoms with E-state index in [-0.39, 0.29) is 6.04 Å². The van der Waals surface area contributed by atoms with Gasteiger partial charge in [-0.3, -0.25) is 4.90 Å². The van der Waals surface area contributed by atoms with Crippen LogP contribution in [0.5, 0.6) is 5.75 Å². The van der Waals surface area contributed by atoms with Gasteiger partial charge in [0.05, 0.1) is 6.04 Å². The molecule has 2 heterocycles. The van der Waals surface area contributed by atoms with Gasteiger partial charge in [0.25, 0.3) is 0 Å². The summed E-state index contributed by atoms with van der Waals surface area (Å²) in [4.78, 5) is 4.88. The highest BCUT2D eigenvalue weighted by atomic mass is 16.5. The number of fused-ring (bicyclic) bond motifs is 1. The topological polar surface area (TPSA) is 35.9 Å². The van der Waals surface area contributed by atoms with Gasteiger partial charge in [-0.15, -0.1) is 0 Å². The molecule has 4 heteroatoms. The smallest absolute Gasteiger partial charge is 0.125 e. The fourth-order valence-electron chi connectivity index (χ4n) is 3.27. The predicted molar refractivity (Wildman–Crippen MR) is 79.0 cm³/mol. The van der Waals surface area contributed by atoms with E-state index >= 15 is 0 Å². The van der Waals surface area contributed by atoms with E-state index in [4.69, 9.17) is 4.74 Å². The van der Waals surface area contributed by atoms with Gasteiger partial charge in [0.2, 0.25) is 0 Å². The summed E-state index contributed by atoms with van der Waals surface area (Å²) in [6.45, 7) is 8.23. The number of nitrogens with zero attached hydrogens (tertiary/aromatic N) is 2. The highest BCUT2D eigenvalue weighted by Gasteiger charge is 2.34. The number of rotatable bonds is 3. The van der Waals surface area contributed by atoms with Crippen molar-refractivity contribution in [1.82, 2.24) is 9.80 Å². The Kier molecular flexibility index (Phi) is 4.24. The van der Waals surface area contributed by atoms with E-state index in [1.165, 1.54) is 13.0 Å². The van der Waals surface area contributed by atoms with Crippen LogP contribution in [0, 0.1) is 0 Å². The van der Waals surface area contributed by atoms with Crippen molar-refractivity contribution in [3.8, 4) is 5.75 Å². The average molecular weight is 276 g/mol. The molecule has 2 unspecified atom stereocenters. The van der Waals surface area contributed by atoms with E-state index < -0.39 is 6.10 Å². The molecule has 0 aromatic heterocycles. The Morgan fingerprint density at radius 3 is 2.70 bits per heavy atom. The van der Waals surface area contributed by atoms with Gasteiger partial charge < -0.3 is 14.7 Å². The third-order valence-corrected chi connectivity index (χ3v) is 4.43. The Morgan fingerprint density at radius 2 is 1.95 bits per heavy atom. The molecule has 0 spiro atoms. The van der Waals surface area contributed by atoms with Crippen LogP contribution in [-0.2, 0) is 0 Å². The molecule has 1 aromatic carbocycles. The largest absolute Gasteiger partial charge is 0.491 e. The van der Waals surface area contributed by atoms with E-state index in [9.17, 15) is 5.11 Å². The monoisotopic (exact) mass is 276 g/mol.